The Morgan fingerprint density at radius 1 is 1.36 bits per heavy atom. The summed E-state index contributed by atoms with van der Waals surface area (Å²) in [5, 5.41) is 11.1. The van der Waals surface area contributed by atoms with Crippen molar-refractivity contribution in [3.8, 4) is 6.07 Å². The second kappa shape index (κ2) is 5.26. The third kappa shape index (κ3) is 2.34. The normalized spacial score (nSPS) is 20.8. The summed E-state index contributed by atoms with van der Waals surface area (Å²) >= 11 is 1.56. The van der Waals surface area contributed by atoms with E-state index in [1.54, 1.807) is 24.5 Å². The lowest BCUT2D eigenvalue weighted by Gasteiger charge is -2.32. The van der Waals surface area contributed by atoms with Gasteiger partial charge in [0.25, 0.3) is 0 Å². The van der Waals surface area contributed by atoms with Crippen LogP contribution in [-0.2, 0) is 10.3 Å². The second-order valence-corrected chi connectivity index (χ2v) is 7.45. The van der Waals surface area contributed by atoms with Crippen molar-refractivity contribution in [1.29, 1.82) is 5.26 Å². The second-order valence-electron chi connectivity index (χ2n) is 6.36. The van der Waals surface area contributed by atoms with Crippen LogP contribution in [0.4, 0.5) is 0 Å². The van der Waals surface area contributed by atoms with E-state index in [0.717, 1.165) is 25.9 Å². The molecule has 6 nitrogen and oxygen atoms in total. The van der Waals surface area contributed by atoms with E-state index in [4.69, 9.17) is 11.0 Å². The minimum atomic E-state index is -0.684. The van der Waals surface area contributed by atoms with Gasteiger partial charge in [-0.1, -0.05) is 0 Å². The highest BCUT2D eigenvalue weighted by molar-refractivity contribution is 7.19. The van der Waals surface area contributed by atoms with Crippen LogP contribution < -0.4 is 5.73 Å². The molecule has 0 saturated carbocycles. The van der Waals surface area contributed by atoms with Crippen LogP contribution in [-0.4, -0.2) is 28.8 Å². The number of amides is 1. The van der Waals surface area contributed by atoms with Crippen LogP contribution in [0.3, 0.4) is 0 Å². The summed E-state index contributed by atoms with van der Waals surface area (Å²) in [5.74, 6) is 0.174. The van der Waals surface area contributed by atoms with Crippen LogP contribution in [0.25, 0.3) is 21.0 Å². The fourth-order valence-electron chi connectivity index (χ4n) is 3.09. The Morgan fingerprint density at radius 2 is 2.16 bits per heavy atom. The molecule has 3 aromatic rings. The Balaban J connectivity index is 1.94. The number of hydrogen-bond donors (Lipinski definition) is 1. The number of nitrogens with two attached hydrogens (primary N) is 1. The van der Waals surface area contributed by atoms with E-state index in [1.807, 2.05) is 31.3 Å². The monoisotopic (exact) mass is 349 g/mol. The number of benzene rings is 1. The molecule has 2 N–H and O–H groups in total. The van der Waals surface area contributed by atoms with Crippen molar-refractivity contribution in [3.05, 3.63) is 40.9 Å². The first kappa shape index (κ1) is 15.5. The molecule has 25 heavy (non-hydrogen) atoms. The van der Waals surface area contributed by atoms with Gasteiger partial charge in [-0.2, -0.15) is 5.26 Å². The minimum absolute atomic E-state index is 0.0535. The van der Waals surface area contributed by atoms with Gasteiger partial charge in [-0.3, -0.25) is 14.7 Å². The van der Waals surface area contributed by atoms with E-state index in [2.05, 4.69) is 16.0 Å². The van der Waals surface area contributed by atoms with Crippen molar-refractivity contribution in [2.24, 2.45) is 10.7 Å². The molecule has 1 amide bonds. The molecule has 7 heteroatoms. The number of aliphatic imine (C=N–C) groups is 1. The molecule has 0 radical (unpaired) electrons. The number of thiophene rings is 1. The number of nitriles is 1. The van der Waals surface area contributed by atoms with Crippen molar-refractivity contribution < 1.29 is 4.79 Å². The molecule has 0 spiro atoms. The summed E-state index contributed by atoms with van der Waals surface area (Å²) in [6.07, 6.45) is 2.09. The van der Waals surface area contributed by atoms with Crippen LogP contribution in [0, 0.1) is 11.3 Å². The lowest BCUT2D eigenvalue weighted by molar-refractivity contribution is -0.128. The van der Waals surface area contributed by atoms with E-state index in [1.165, 1.54) is 4.90 Å². The van der Waals surface area contributed by atoms with Crippen molar-refractivity contribution >= 4 is 44.2 Å². The molecule has 0 fully saturated rings. The predicted octanol–water partition coefficient (Wildman–Crippen LogP) is 2.71. The smallest absolute Gasteiger partial charge is 0.231 e. The number of hydrogen-bond acceptors (Lipinski definition) is 6. The molecule has 0 aliphatic carbocycles. The Kier molecular flexibility index (Phi) is 3.27. The zero-order chi connectivity index (χ0) is 17.8. The van der Waals surface area contributed by atoms with Crippen molar-refractivity contribution in [3.63, 3.8) is 0 Å². The van der Waals surface area contributed by atoms with Crippen LogP contribution in [0.1, 0.15) is 23.8 Å². The number of guanidine groups is 1. The molecule has 2 aromatic heterocycles. The Labute approximate surface area is 148 Å². The summed E-state index contributed by atoms with van der Waals surface area (Å²) in [7, 11) is 1.63. The number of carbonyl (C=O) groups is 1. The summed E-state index contributed by atoms with van der Waals surface area (Å²) < 4.78 is 0.999. The van der Waals surface area contributed by atoms with E-state index >= 15 is 0 Å². The fraction of sp³-hybridized carbons (Fsp3) is 0.222. The third-order valence-electron chi connectivity index (χ3n) is 4.60. The maximum Gasteiger partial charge on any atom is 0.231 e. The van der Waals surface area contributed by atoms with Gasteiger partial charge in [0, 0.05) is 28.9 Å². The van der Waals surface area contributed by atoms with Gasteiger partial charge < -0.3 is 5.73 Å². The molecule has 1 aliphatic heterocycles. The number of pyridine rings is 1. The Morgan fingerprint density at radius 3 is 2.88 bits per heavy atom. The molecular weight excluding hydrogens is 334 g/mol. The van der Waals surface area contributed by atoms with Crippen LogP contribution in [0.15, 0.2) is 35.5 Å². The third-order valence-corrected chi connectivity index (χ3v) is 5.93. The van der Waals surface area contributed by atoms with E-state index < -0.39 is 5.54 Å². The van der Waals surface area contributed by atoms with Crippen molar-refractivity contribution in [2.45, 2.75) is 18.9 Å². The minimum Gasteiger partial charge on any atom is -0.369 e. The predicted molar refractivity (Wildman–Crippen MR) is 98.2 cm³/mol. The van der Waals surface area contributed by atoms with Crippen LogP contribution >= 0.6 is 11.3 Å². The van der Waals surface area contributed by atoms with Gasteiger partial charge in [-0.25, -0.2) is 4.99 Å². The summed E-state index contributed by atoms with van der Waals surface area (Å²) in [6.45, 7) is 1.92. The molecule has 3 heterocycles. The number of fused-ring (bicyclic) bond motifs is 3. The number of aromatic nitrogens is 1. The van der Waals surface area contributed by atoms with E-state index in [-0.39, 0.29) is 18.3 Å². The maximum atomic E-state index is 12.2. The first-order chi connectivity index (χ1) is 11.9. The number of nitrogens with zero attached hydrogens (tertiary/aromatic N) is 4. The van der Waals surface area contributed by atoms with Gasteiger partial charge in [-0.15, -0.1) is 11.3 Å². The first-order valence-electron chi connectivity index (χ1n) is 7.76. The topological polar surface area (TPSA) is 95.4 Å². The zero-order valence-electron chi connectivity index (χ0n) is 13.8. The summed E-state index contributed by atoms with van der Waals surface area (Å²) in [5.41, 5.74) is 6.66. The lowest BCUT2D eigenvalue weighted by atomic mass is 9.93. The van der Waals surface area contributed by atoms with E-state index in [9.17, 15) is 4.79 Å². The van der Waals surface area contributed by atoms with Crippen molar-refractivity contribution in [1.82, 2.24) is 9.88 Å². The largest absolute Gasteiger partial charge is 0.369 e. The average Bonchev–Trinajstić information content (AvgIpc) is 3.05. The van der Waals surface area contributed by atoms with Gasteiger partial charge in [-0.05, 0) is 31.2 Å². The Hall–Kier alpha value is -2.98. The van der Waals surface area contributed by atoms with Gasteiger partial charge in [0.15, 0.2) is 5.96 Å². The standard InChI is InChI=1S/C18H15N5OS/c1-18(7-16(24)23(2)17(20)22-18)15-6-12-11-5-10(8-19)3-4-13(11)21-9-14(12)25-15/h3-6,9H,7H2,1-2H3,(H2,20,22)/t18-/m0/s1. The van der Waals surface area contributed by atoms with Gasteiger partial charge in [0.05, 0.1) is 28.3 Å². The molecule has 0 unspecified atom stereocenters. The van der Waals surface area contributed by atoms with Gasteiger partial charge >= 0.3 is 0 Å². The molecule has 4 rings (SSSR count). The van der Waals surface area contributed by atoms with Gasteiger partial charge in [0.1, 0.15) is 5.54 Å². The quantitative estimate of drug-likeness (QED) is 0.730. The average molecular weight is 349 g/mol. The molecule has 1 aromatic carbocycles. The highest BCUT2D eigenvalue weighted by Gasteiger charge is 2.37. The molecule has 0 saturated heterocycles. The maximum absolute atomic E-state index is 12.2. The molecule has 1 atom stereocenters. The fourth-order valence-corrected chi connectivity index (χ4v) is 4.22. The SMILES string of the molecule is CN1C(=O)C[C@@](C)(c2cc3c(cnc4ccc(C#N)cc43)s2)N=C1N. The molecular formula is C18H15N5OS. The summed E-state index contributed by atoms with van der Waals surface area (Å²) in [6, 6.07) is 9.66. The highest BCUT2D eigenvalue weighted by atomic mass is 32.1. The first-order valence-corrected chi connectivity index (χ1v) is 8.58. The van der Waals surface area contributed by atoms with Crippen LogP contribution in [0.2, 0.25) is 0 Å². The highest BCUT2D eigenvalue weighted by Crippen LogP contribution is 2.41. The van der Waals surface area contributed by atoms with E-state index in [0.29, 0.717) is 5.56 Å². The zero-order valence-corrected chi connectivity index (χ0v) is 14.6. The molecule has 1 aliphatic rings. The number of rotatable bonds is 1. The van der Waals surface area contributed by atoms with Crippen molar-refractivity contribution in [2.75, 3.05) is 7.05 Å². The molecule has 0 bridgehead atoms. The van der Waals surface area contributed by atoms with Gasteiger partial charge in [0.2, 0.25) is 5.91 Å². The lowest BCUT2D eigenvalue weighted by Crippen LogP contribution is -2.47. The van der Waals surface area contributed by atoms with Crippen LogP contribution in [0.5, 0.6) is 0 Å². The summed E-state index contributed by atoms with van der Waals surface area (Å²) in [4.78, 5) is 23.6. The molecule has 124 valence electrons. The Bertz CT molecular complexity index is 1110. The number of carbonyl (C=O) groups excluding carboxylic acids is 1.